The molecule has 0 aliphatic carbocycles. The van der Waals surface area contributed by atoms with Crippen LogP contribution in [-0.4, -0.2) is 49.6 Å². The molecule has 1 aliphatic rings. The predicted octanol–water partition coefficient (Wildman–Crippen LogP) is 1.34. The summed E-state index contributed by atoms with van der Waals surface area (Å²) in [6.45, 7) is 2.33. The van der Waals surface area contributed by atoms with Gasteiger partial charge in [-0.2, -0.15) is 0 Å². The molecule has 1 aromatic rings. The summed E-state index contributed by atoms with van der Waals surface area (Å²) in [6, 6.07) is 4.55. The summed E-state index contributed by atoms with van der Waals surface area (Å²) in [4.78, 5) is 25.2. The minimum atomic E-state index is -3.41. The zero-order valence-corrected chi connectivity index (χ0v) is 13.4. The zero-order chi connectivity index (χ0) is 16.5. The Morgan fingerprint density at radius 1 is 1.32 bits per heavy atom. The molecular formula is C15H19NO5S. The molecule has 0 unspecified atom stereocenters. The number of aliphatic carboxylic acids is 1. The third kappa shape index (κ3) is 3.47. The number of carboxylic acids is 1. The first-order chi connectivity index (χ1) is 10.2. The number of hydrogen-bond donors (Lipinski definition) is 1. The van der Waals surface area contributed by atoms with E-state index in [-0.39, 0.29) is 22.9 Å². The van der Waals surface area contributed by atoms with Crippen molar-refractivity contribution in [1.29, 1.82) is 0 Å². The number of likely N-dealkylation sites (tertiary alicyclic amines) is 1. The van der Waals surface area contributed by atoms with Crippen molar-refractivity contribution in [3.05, 3.63) is 29.3 Å². The van der Waals surface area contributed by atoms with Gasteiger partial charge < -0.3 is 10.0 Å². The minimum absolute atomic E-state index is 0.130. The molecule has 2 rings (SSSR count). The van der Waals surface area contributed by atoms with E-state index in [4.69, 9.17) is 5.11 Å². The molecule has 6 nitrogen and oxygen atoms in total. The standard InChI is InChI=1S/C15H19NO5S/c1-10-5-6-11(8-13(10)22(2,20)21)14(17)16-7-3-4-12(9-16)15(18)19/h5-6,8,12H,3-4,7,9H2,1-2H3,(H,18,19)/t12-/m1/s1. The fourth-order valence-electron chi connectivity index (χ4n) is 2.68. The molecule has 0 spiro atoms. The highest BCUT2D eigenvalue weighted by Gasteiger charge is 2.29. The highest BCUT2D eigenvalue weighted by atomic mass is 32.2. The van der Waals surface area contributed by atoms with Crippen LogP contribution in [0.4, 0.5) is 0 Å². The summed E-state index contributed by atoms with van der Waals surface area (Å²) >= 11 is 0. The smallest absolute Gasteiger partial charge is 0.308 e. The van der Waals surface area contributed by atoms with Gasteiger partial charge in [0.1, 0.15) is 0 Å². The summed E-state index contributed by atoms with van der Waals surface area (Å²) in [5.41, 5.74) is 0.859. The summed E-state index contributed by atoms with van der Waals surface area (Å²) in [7, 11) is -3.41. The number of carboxylic acid groups (broad SMARTS) is 1. The third-order valence-electron chi connectivity index (χ3n) is 3.89. The van der Waals surface area contributed by atoms with E-state index >= 15 is 0 Å². The van der Waals surface area contributed by atoms with Gasteiger partial charge in [-0.1, -0.05) is 6.07 Å². The number of rotatable bonds is 3. The van der Waals surface area contributed by atoms with Gasteiger partial charge in [0.05, 0.1) is 10.8 Å². The maximum Gasteiger partial charge on any atom is 0.308 e. The Labute approximate surface area is 129 Å². The van der Waals surface area contributed by atoms with Crippen LogP contribution >= 0.6 is 0 Å². The number of hydrogen-bond acceptors (Lipinski definition) is 4. The lowest BCUT2D eigenvalue weighted by molar-refractivity contribution is -0.143. The Kier molecular flexibility index (Phi) is 4.55. The average Bonchev–Trinajstić information content (AvgIpc) is 2.46. The Morgan fingerprint density at radius 3 is 2.59 bits per heavy atom. The topological polar surface area (TPSA) is 91.8 Å². The van der Waals surface area contributed by atoms with Crippen LogP contribution in [0.15, 0.2) is 23.1 Å². The highest BCUT2D eigenvalue weighted by molar-refractivity contribution is 7.90. The van der Waals surface area contributed by atoms with E-state index in [9.17, 15) is 18.0 Å². The van der Waals surface area contributed by atoms with E-state index in [1.807, 2.05) is 0 Å². The number of piperidine rings is 1. The van der Waals surface area contributed by atoms with Crippen molar-refractivity contribution in [3.63, 3.8) is 0 Å². The maximum atomic E-state index is 12.5. The normalized spacial score (nSPS) is 19.0. The van der Waals surface area contributed by atoms with Gasteiger partial charge in [0, 0.05) is 24.9 Å². The fourth-order valence-corrected chi connectivity index (χ4v) is 3.67. The number of sulfone groups is 1. The number of carbonyl (C=O) groups excluding carboxylic acids is 1. The molecule has 1 aromatic carbocycles. The number of aryl methyl sites for hydroxylation is 1. The van der Waals surface area contributed by atoms with Crippen LogP contribution < -0.4 is 0 Å². The van der Waals surface area contributed by atoms with Crippen LogP contribution in [0.2, 0.25) is 0 Å². The third-order valence-corrected chi connectivity index (χ3v) is 5.13. The summed E-state index contributed by atoms with van der Waals surface area (Å²) in [5, 5.41) is 9.08. The highest BCUT2D eigenvalue weighted by Crippen LogP contribution is 2.22. The molecule has 120 valence electrons. The van der Waals surface area contributed by atoms with E-state index in [1.165, 1.54) is 11.0 Å². The van der Waals surface area contributed by atoms with Crippen molar-refractivity contribution in [2.24, 2.45) is 5.92 Å². The van der Waals surface area contributed by atoms with Crippen LogP contribution in [0.1, 0.15) is 28.8 Å². The molecular weight excluding hydrogens is 306 g/mol. The number of nitrogens with zero attached hydrogens (tertiary/aromatic N) is 1. The van der Waals surface area contributed by atoms with E-state index in [2.05, 4.69) is 0 Å². The molecule has 7 heteroatoms. The molecule has 0 radical (unpaired) electrons. The van der Waals surface area contributed by atoms with Crippen molar-refractivity contribution in [3.8, 4) is 0 Å². The lowest BCUT2D eigenvalue weighted by Gasteiger charge is -2.30. The van der Waals surface area contributed by atoms with Crippen LogP contribution in [0.5, 0.6) is 0 Å². The number of amides is 1. The van der Waals surface area contributed by atoms with Gasteiger partial charge in [0.15, 0.2) is 9.84 Å². The summed E-state index contributed by atoms with van der Waals surface area (Å²) in [5.74, 6) is -1.79. The van der Waals surface area contributed by atoms with E-state index in [1.54, 1.807) is 19.1 Å². The second-order valence-electron chi connectivity index (χ2n) is 5.68. The lowest BCUT2D eigenvalue weighted by atomic mass is 9.97. The van der Waals surface area contributed by atoms with E-state index < -0.39 is 21.7 Å². The van der Waals surface area contributed by atoms with Crippen molar-refractivity contribution in [2.75, 3.05) is 19.3 Å². The molecule has 1 saturated heterocycles. The monoisotopic (exact) mass is 325 g/mol. The Hall–Kier alpha value is -1.89. The summed E-state index contributed by atoms with van der Waals surface area (Å²) in [6.07, 6.45) is 2.29. The van der Waals surface area contributed by atoms with Crippen LogP contribution in [-0.2, 0) is 14.6 Å². The maximum absolute atomic E-state index is 12.5. The Balaban J connectivity index is 2.28. The second kappa shape index (κ2) is 6.08. The van der Waals surface area contributed by atoms with Gasteiger partial charge in [0.25, 0.3) is 5.91 Å². The first-order valence-corrected chi connectivity index (χ1v) is 8.92. The first kappa shape index (κ1) is 16.5. The average molecular weight is 325 g/mol. The molecule has 1 atom stereocenters. The molecule has 0 saturated carbocycles. The molecule has 1 fully saturated rings. The predicted molar refractivity (Wildman–Crippen MR) is 80.6 cm³/mol. The SMILES string of the molecule is Cc1ccc(C(=O)N2CCC[C@@H](C(=O)O)C2)cc1S(C)(=O)=O. The van der Waals surface area contributed by atoms with Gasteiger partial charge in [0.2, 0.25) is 0 Å². The van der Waals surface area contributed by atoms with Crippen LogP contribution in [0.25, 0.3) is 0 Å². The van der Waals surface area contributed by atoms with Crippen molar-refractivity contribution in [2.45, 2.75) is 24.7 Å². The largest absolute Gasteiger partial charge is 0.481 e. The molecule has 0 bridgehead atoms. The Bertz CT molecular complexity index is 711. The summed E-state index contributed by atoms with van der Waals surface area (Å²) < 4.78 is 23.5. The van der Waals surface area contributed by atoms with Crippen LogP contribution in [0.3, 0.4) is 0 Å². The van der Waals surface area contributed by atoms with Crippen molar-refractivity contribution in [1.82, 2.24) is 4.90 Å². The number of carbonyl (C=O) groups is 2. The second-order valence-corrected chi connectivity index (χ2v) is 7.67. The lowest BCUT2D eigenvalue weighted by Crippen LogP contribution is -2.42. The van der Waals surface area contributed by atoms with Gasteiger partial charge in [-0.05, 0) is 37.5 Å². The van der Waals surface area contributed by atoms with E-state index in [0.29, 0.717) is 24.9 Å². The van der Waals surface area contributed by atoms with Crippen molar-refractivity contribution >= 4 is 21.7 Å². The quantitative estimate of drug-likeness (QED) is 0.905. The van der Waals surface area contributed by atoms with Gasteiger partial charge in [-0.3, -0.25) is 9.59 Å². The number of benzene rings is 1. The van der Waals surface area contributed by atoms with E-state index in [0.717, 1.165) is 6.26 Å². The molecule has 1 N–H and O–H groups in total. The molecule has 0 aromatic heterocycles. The first-order valence-electron chi connectivity index (χ1n) is 7.03. The minimum Gasteiger partial charge on any atom is -0.481 e. The zero-order valence-electron chi connectivity index (χ0n) is 12.6. The van der Waals surface area contributed by atoms with Gasteiger partial charge in [-0.25, -0.2) is 8.42 Å². The van der Waals surface area contributed by atoms with Gasteiger partial charge >= 0.3 is 5.97 Å². The Morgan fingerprint density at radius 2 is 2.00 bits per heavy atom. The molecule has 22 heavy (non-hydrogen) atoms. The molecule has 1 heterocycles. The van der Waals surface area contributed by atoms with Crippen LogP contribution in [0, 0.1) is 12.8 Å². The molecule has 1 amide bonds. The molecule has 1 aliphatic heterocycles. The van der Waals surface area contributed by atoms with Crippen molar-refractivity contribution < 1.29 is 23.1 Å². The fraction of sp³-hybridized carbons (Fsp3) is 0.467. The van der Waals surface area contributed by atoms with Gasteiger partial charge in [-0.15, -0.1) is 0 Å².